The molecule has 0 radical (unpaired) electrons. The lowest BCUT2D eigenvalue weighted by atomic mass is 10.2. The number of ether oxygens (including phenoxy) is 2. The summed E-state index contributed by atoms with van der Waals surface area (Å²) in [4.78, 5) is 16.8. The summed E-state index contributed by atoms with van der Waals surface area (Å²) in [5, 5.41) is 0.0300. The van der Waals surface area contributed by atoms with Crippen LogP contribution in [0.1, 0.15) is 29.9 Å². The van der Waals surface area contributed by atoms with Crippen LogP contribution >= 0.6 is 11.6 Å². The molecule has 2 atom stereocenters. The van der Waals surface area contributed by atoms with E-state index >= 15 is 0 Å². The molecule has 1 aliphatic rings. The van der Waals surface area contributed by atoms with Crippen LogP contribution in [0, 0.1) is 0 Å². The summed E-state index contributed by atoms with van der Waals surface area (Å²) >= 11 is 6.20. The van der Waals surface area contributed by atoms with Gasteiger partial charge in [0.05, 0.1) is 22.8 Å². The summed E-state index contributed by atoms with van der Waals surface area (Å²) < 4.78 is 44.1. The third kappa shape index (κ3) is 5.27. The summed E-state index contributed by atoms with van der Waals surface area (Å²) in [6.07, 6.45) is 0.908. The molecule has 2 heterocycles. The van der Waals surface area contributed by atoms with Gasteiger partial charge in [-0.1, -0.05) is 29.8 Å². The summed E-state index contributed by atoms with van der Waals surface area (Å²) in [5.74, 6) is -0.286. The minimum absolute atomic E-state index is 0.0300. The van der Waals surface area contributed by atoms with Crippen molar-refractivity contribution in [2.75, 3.05) is 13.1 Å². The van der Waals surface area contributed by atoms with Crippen molar-refractivity contribution < 1.29 is 27.1 Å². The number of carbonyl (C=O) groups excluding carboxylic acids is 1. The molecule has 0 spiro atoms. The van der Waals surface area contributed by atoms with Crippen LogP contribution in [-0.2, 0) is 26.1 Å². The smallest absolute Gasteiger partial charge is 0.338 e. The molecule has 1 saturated heterocycles. The molecule has 0 N–H and O–H groups in total. The van der Waals surface area contributed by atoms with Gasteiger partial charge in [0.2, 0.25) is 15.9 Å². The number of benzene rings is 2. The number of sulfonamides is 1. The van der Waals surface area contributed by atoms with Crippen LogP contribution in [0.4, 0.5) is 0 Å². The van der Waals surface area contributed by atoms with E-state index in [2.05, 4.69) is 4.98 Å². The third-order valence-electron chi connectivity index (χ3n) is 5.09. The maximum absolute atomic E-state index is 13.2. The number of halogens is 1. The fourth-order valence-corrected chi connectivity index (χ4v) is 5.69. The van der Waals surface area contributed by atoms with E-state index < -0.39 is 16.0 Å². The number of aromatic nitrogens is 1. The summed E-state index contributed by atoms with van der Waals surface area (Å²) in [7, 11) is -3.92. The molecule has 0 aliphatic carbocycles. The number of carbonyl (C=O) groups is 1. The Morgan fingerprint density at radius 3 is 2.55 bits per heavy atom. The van der Waals surface area contributed by atoms with Gasteiger partial charge in [0.15, 0.2) is 0 Å². The average molecular weight is 491 g/mol. The van der Waals surface area contributed by atoms with Crippen molar-refractivity contribution in [2.45, 2.75) is 37.6 Å². The SMILES string of the molecule is CC1CN(S(=O)(=O)c2cc(C(=O)OCc3coc(-c4ccccc4)n3)ccc2Cl)CC(C)O1. The molecule has 1 fully saturated rings. The van der Waals surface area contributed by atoms with E-state index in [1.54, 1.807) is 13.8 Å². The highest BCUT2D eigenvalue weighted by molar-refractivity contribution is 7.89. The van der Waals surface area contributed by atoms with Crippen molar-refractivity contribution in [1.82, 2.24) is 9.29 Å². The maximum atomic E-state index is 13.2. The zero-order valence-corrected chi connectivity index (χ0v) is 19.7. The molecule has 10 heteroatoms. The Labute approximate surface area is 197 Å². The lowest BCUT2D eigenvalue weighted by molar-refractivity contribution is -0.0440. The van der Waals surface area contributed by atoms with Gasteiger partial charge < -0.3 is 13.9 Å². The topological polar surface area (TPSA) is 98.9 Å². The molecule has 0 amide bonds. The lowest BCUT2D eigenvalue weighted by Crippen LogP contribution is -2.48. The predicted octanol–water partition coefficient (Wildman–Crippen LogP) is 4.15. The summed E-state index contributed by atoms with van der Waals surface area (Å²) in [5.41, 5.74) is 1.30. The highest BCUT2D eigenvalue weighted by atomic mass is 35.5. The Morgan fingerprint density at radius 1 is 1.15 bits per heavy atom. The van der Waals surface area contributed by atoms with Crippen LogP contribution in [0.15, 0.2) is 64.1 Å². The summed E-state index contributed by atoms with van der Waals surface area (Å²) in [6, 6.07) is 13.4. The van der Waals surface area contributed by atoms with Gasteiger partial charge in [-0.05, 0) is 44.2 Å². The van der Waals surface area contributed by atoms with E-state index in [1.165, 1.54) is 28.8 Å². The second-order valence-electron chi connectivity index (χ2n) is 7.81. The quantitative estimate of drug-likeness (QED) is 0.478. The molecule has 0 bridgehead atoms. The Kier molecular flexibility index (Phi) is 6.85. The highest BCUT2D eigenvalue weighted by Crippen LogP contribution is 2.28. The monoisotopic (exact) mass is 490 g/mol. The van der Waals surface area contributed by atoms with Crippen molar-refractivity contribution in [2.24, 2.45) is 0 Å². The molecule has 3 aromatic rings. The minimum atomic E-state index is -3.92. The van der Waals surface area contributed by atoms with Gasteiger partial charge in [-0.2, -0.15) is 4.31 Å². The van der Waals surface area contributed by atoms with Gasteiger partial charge in [0, 0.05) is 18.7 Å². The van der Waals surface area contributed by atoms with Gasteiger partial charge in [0.1, 0.15) is 23.5 Å². The van der Waals surface area contributed by atoms with Gasteiger partial charge >= 0.3 is 5.97 Å². The van der Waals surface area contributed by atoms with Crippen molar-refractivity contribution in [3.63, 3.8) is 0 Å². The first kappa shape index (κ1) is 23.4. The maximum Gasteiger partial charge on any atom is 0.338 e. The van der Waals surface area contributed by atoms with Crippen molar-refractivity contribution in [1.29, 1.82) is 0 Å². The number of hydrogen-bond donors (Lipinski definition) is 0. The molecule has 1 aliphatic heterocycles. The minimum Gasteiger partial charge on any atom is -0.455 e. The highest BCUT2D eigenvalue weighted by Gasteiger charge is 2.34. The normalized spacial score (nSPS) is 19.4. The largest absolute Gasteiger partial charge is 0.455 e. The molecule has 33 heavy (non-hydrogen) atoms. The van der Waals surface area contributed by atoms with Crippen LogP contribution in [0.25, 0.3) is 11.5 Å². The van der Waals surface area contributed by atoms with E-state index in [-0.39, 0.29) is 47.4 Å². The molecule has 1 aromatic heterocycles. The number of esters is 1. The number of hydrogen-bond acceptors (Lipinski definition) is 7. The van der Waals surface area contributed by atoms with E-state index in [1.807, 2.05) is 30.3 Å². The summed E-state index contributed by atoms with van der Waals surface area (Å²) in [6.45, 7) is 3.89. The standard InChI is InChI=1S/C23H23ClN2O6S/c1-15-11-26(12-16(2)32-15)33(28,29)21-10-18(8-9-20(21)24)23(27)31-14-19-13-30-22(25-19)17-6-4-3-5-7-17/h3-10,13,15-16H,11-12,14H2,1-2H3. The van der Waals surface area contributed by atoms with E-state index in [0.717, 1.165) is 5.56 Å². The number of rotatable bonds is 6. The van der Waals surface area contributed by atoms with Crippen LogP contribution in [0.2, 0.25) is 5.02 Å². The Morgan fingerprint density at radius 2 is 1.85 bits per heavy atom. The Balaban J connectivity index is 1.48. The molecule has 2 unspecified atom stereocenters. The average Bonchev–Trinajstić information content (AvgIpc) is 3.27. The van der Waals surface area contributed by atoms with Gasteiger partial charge in [-0.3, -0.25) is 0 Å². The number of nitrogens with zero attached hydrogens (tertiary/aromatic N) is 2. The van der Waals surface area contributed by atoms with Gasteiger partial charge in [0.25, 0.3) is 0 Å². The second-order valence-corrected chi connectivity index (χ2v) is 10.1. The third-order valence-corrected chi connectivity index (χ3v) is 7.41. The first-order chi connectivity index (χ1) is 15.7. The lowest BCUT2D eigenvalue weighted by Gasteiger charge is -2.34. The molecule has 0 saturated carbocycles. The Bertz CT molecular complexity index is 1230. The first-order valence-electron chi connectivity index (χ1n) is 10.4. The molecule has 4 rings (SSSR count). The molecular formula is C23H23ClN2O6S. The van der Waals surface area contributed by atoms with E-state index in [9.17, 15) is 13.2 Å². The Hall–Kier alpha value is -2.72. The van der Waals surface area contributed by atoms with E-state index in [4.69, 9.17) is 25.5 Å². The number of morpholine rings is 1. The van der Waals surface area contributed by atoms with Crippen LogP contribution in [-0.4, -0.2) is 49.0 Å². The molecule has 2 aromatic carbocycles. The van der Waals surface area contributed by atoms with Crippen molar-refractivity contribution in [3.05, 3.63) is 71.1 Å². The zero-order valence-electron chi connectivity index (χ0n) is 18.1. The van der Waals surface area contributed by atoms with Crippen LogP contribution in [0.3, 0.4) is 0 Å². The van der Waals surface area contributed by atoms with Crippen molar-refractivity contribution in [3.8, 4) is 11.5 Å². The van der Waals surface area contributed by atoms with Gasteiger partial charge in [-0.25, -0.2) is 18.2 Å². The fraction of sp³-hybridized carbons (Fsp3) is 0.304. The molecule has 8 nitrogen and oxygen atoms in total. The first-order valence-corrected chi connectivity index (χ1v) is 12.2. The molecular weight excluding hydrogens is 468 g/mol. The van der Waals surface area contributed by atoms with E-state index in [0.29, 0.717) is 11.6 Å². The predicted molar refractivity (Wildman–Crippen MR) is 121 cm³/mol. The fourth-order valence-electron chi connectivity index (χ4n) is 3.60. The second kappa shape index (κ2) is 9.64. The number of oxazole rings is 1. The molecule has 174 valence electrons. The van der Waals surface area contributed by atoms with Crippen LogP contribution < -0.4 is 0 Å². The zero-order chi connectivity index (χ0) is 23.6. The van der Waals surface area contributed by atoms with Crippen molar-refractivity contribution >= 4 is 27.6 Å². The van der Waals surface area contributed by atoms with Crippen LogP contribution in [0.5, 0.6) is 0 Å². The van der Waals surface area contributed by atoms with Gasteiger partial charge in [-0.15, -0.1) is 0 Å².